The second-order valence-electron chi connectivity index (χ2n) is 5.04. The van der Waals surface area contributed by atoms with Crippen LogP contribution in [0.2, 0.25) is 0 Å². The highest BCUT2D eigenvalue weighted by Gasteiger charge is 2.22. The first-order valence-corrected chi connectivity index (χ1v) is 7.34. The number of aromatic nitrogens is 4. The second kappa shape index (κ2) is 6.35. The minimum Gasteiger partial charge on any atom is -0.315 e. The van der Waals surface area contributed by atoms with E-state index >= 15 is 0 Å². The third kappa shape index (κ3) is 4.63. The van der Waals surface area contributed by atoms with Crippen molar-refractivity contribution in [2.75, 3.05) is 18.8 Å². The molecule has 0 saturated heterocycles. The van der Waals surface area contributed by atoms with Gasteiger partial charge in [0.05, 0.1) is 6.54 Å². The highest BCUT2D eigenvalue weighted by Crippen LogP contribution is 2.34. The van der Waals surface area contributed by atoms with Crippen LogP contribution in [-0.4, -0.2) is 39.0 Å². The summed E-state index contributed by atoms with van der Waals surface area (Å²) < 4.78 is 1.90. The second-order valence-corrected chi connectivity index (χ2v) is 6.02. The zero-order valence-corrected chi connectivity index (χ0v) is 11.4. The van der Waals surface area contributed by atoms with E-state index in [1.807, 2.05) is 4.68 Å². The lowest BCUT2D eigenvalue weighted by molar-refractivity contribution is 0.482. The Hall–Kier alpha value is -0.620. The Morgan fingerprint density at radius 3 is 3.00 bits per heavy atom. The molecule has 0 bridgehead atoms. The number of hydrogen-bond donors (Lipinski definition) is 1. The molecule has 0 spiro atoms. The highest BCUT2D eigenvalue weighted by molar-refractivity contribution is 7.99. The van der Waals surface area contributed by atoms with E-state index in [0.717, 1.165) is 30.7 Å². The molecule has 0 aliphatic heterocycles. The Morgan fingerprint density at radius 1 is 1.47 bits per heavy atom. The summed E-state index contributed by atoms with van der Waals surface area (Å²) in [4.78, 5) is 0. The summed E-state index contributed by atoms with van der Waals surface area (Å²) in [5, 5.41) is 16.2. The van der Waals surface area contributed by atoms with Crippen LogP contribution in [0.4, 0.5) is 0 Å². The van der Waals surface area contributed by atoms with Gasteiger partial charge in [-0.25, -0.2) is 4.68 Å². The number of rotatable bonds is 8. The van der Waals surface area contributed by atoms with Gasteiger partial charge in [0.1, 0.15) is 0 Å². The fourth-order valence-corrected chi connectivity index (χ4v) is 2.58. The normalized spacial score (nSPS) is 15.7. The van der Waals surface area contributed by atoms with Crippen molar-refractivity contribution in [3.63, 3.8) is 0 Å². The Balaban J connectivity index is 1.69. The van der Waals surface area contributed by atoms with Gasteiger partial charge in [0.2, 0.25) is 5.16 Å². The minimum absolute atomic E-state index is 0.688. The third-order valence-electron chi connectivity index (χ3n) is 2.70. The monoisotopic (exact) mass is 255 g/mol. The van der Waals surface area contributed by atoms with E-state index in [9.17, 15) is 0 Å². The van der Waals surface area contributed by atoms with Crippen molar-refractivity contribution in [1.29, 1.82) is 0 Å². The quantitative estimate of drug-likeness (QED) is 0.562. The Kier molecular flexibility index (Phi) is 4.79. The van der Waals surface area contributed by atoms with Gasteiger partial charge in [0.15, 0.2) is 0 Å². The van der Waals surface area contributed by atoms with E-state index in [1.165, 1.54) is 18.6 Å². The van der Waals surface area contributed by atoms with E-state index in [-0.39, 0.29) is 0 Å². The van der Waals surface area contributed by atoms with Crippen molar-refractivity contribution in [2.45, 2.75) is 38.4 Å². The molecule has 0 amide bonds. The summed E-state index contributed by atoms with van der Waals surface area (Å²) >= 11 is 1.79. The van der Waals surface area contributed by atoms with Gasteiger partial charge >= 0.3 is 0 Å². The Labute approximate surface area is 107 Å². The molecular weight excluding hydrogens is 234 g/mol. The number of nitrogens with zero attached hydrogens (tertiary/aromatic N) is 4. The van der Waals surface area contributed by atoms with Crippen LogP contribution < -0.4 is 5.32 Å². The lowest BCUT2D eigenvalue weighted by Gasteiger charge is -2.07. The fourth-order valence-electron chi connectivity index (χ4n) is 1.49. The topological polar surface area (TPSA) is 55.6 Å². The number of hydrogen-bond acceptors (Lipinski definition) is 5. The van der Waals surface area contributed by atoms with Gasteiger partial charge in [-0.05, 0) is 41.6 Å². The molecule has 1 N–H and O–H groups in total. The van der Waals surface area contributed by atoms with E-state index in [2.05, 4.69) is 34.7 Å². The molecule has 0 atom stereocenters. The van der Waals surface area contributed by atoms with E-state index in [0.29, 0.717) is 5.92 Å². The van der Waals surface area contributed by atoms with Gasteiger partial charge in [0.25, 0.3) is 0 Å². The molecule has 1 aromatic rings. The molecular formula is C11H21N5S. The maximum Gasteiger partial charge on any atom is 0.209 e. The fraction of sp³-hybridized carbons (Fsp3) is 0.909. The lowest BCUT2D eigenvalue weighted by atomic mass is 10.2. The average Bonchev–Trinajstić information content (AvgIpc) is 3.02. The summed E-state index contributed by atoms with van der Waals surface area (Å²) in [5.41, 5.74) is 0. The summed E-state index contributed by atoms with van der Waals surface area (Å²) in [6.07, 6.45) is 2.76. The molecule has 2 rings (SSSR count). The molecule has 0 aromatic carbocycles. The minimum atomic E-state index is 0.688. The van der Waals surface area contributed by atoms with Crippen LogP contribution in [0.15, 0.2) is 5.16 Å². The summed E-state index contributed by atoms with van der Waals surface area (Å²) in [7, 11) is 0. The predicted molar refractivity (Wildman–Crippen MR) is 69.0 cm³/mol. The maximum absolute atomic E-state index is 4.07. The molecule has 96 valence electrons. The van der Waals surface area contributed by atoms with Gasteiger partial charge in [-0.3, -0.25) is 0 Å². The van der Waals surface area contributed by atoms with Crippen LogP contribution in [0.3, 0.4) is 0 Å². The van der Waals surface area contributed by atoms with Crippen LogP contribution in [0.25, 0.3) is 0 Å². The zero-order chi connectivity index (χ0) is 12.1. The zero-order valence-electron chi connectivity index (χ0n) is 10.6. The molecule has 17 heavy (non-hydrogen) atoms. The molecule has 0 unspecified atom stereocenters. The van der Waals surface area contributed by atoms with Gasteiger partial charge in [-0.2, -0.15) is 0 Å². The Morgan fingerprint density at radius 2 is 2.29 bits per heavy atom. The van der Waals surface area contributed by atoms with Gasteiger partial charge in [-0.1, -0.05) is 25.6 Å². The van der Waals surface area contributed by atoms with Crippen LogP contribution in [0.1, 0.15) is 26.7 Å². The third-order valence-corrected chi connectivity index (χ3v) is 3.89. The average molecular weight is 255 g/mol. The first-order valence-electron chi connectivity index (χ1n) is 6.35. The van der Waals surface area contributed by atoms with E-state index in [1.54, 1.807) is 11.8 Å². The molecule has 1 aliphatic carbocycles. The number of nitrogens with one attached hydrogen (secondary N) is 1. The van der Waals surface area contributed by atoms with Crippen molar-refractivity contribution < 1.29 is 0 Å². The van der Waals surface area contributed by atoms with Gasteiger partial charge in [-0.15, -0.1) is 5.10 Å². The van der Waals surface area contributed by atoms with Crippen molar-refractivity contribution in [3.05, 3.63) is 0 Å². The first-order chi connectivity index (χ1) is 8.25. The summed E-state index contributed by atoms with van der Waals surface area (Å²) in [6, 6.07) is 0. The molecule has 1 heterocycles. The maximum atomic E-state index is 4.07. The molecule has 1 saturated carbocycles. The largest absolute Gasteiger partial charge is 0.315 e. The Bertz CT molecular complexity index is 334. The van der Waals surface area contributed by atoms with E-state index in [4.69, 9.17) is 0 Å². The molecule has 1 aromatic heterocycles. The standard InChI is InChI=1S/C11H21N5S/c1-9(2)7-12-5-6-16-11(13-14-15-16)17-8-10-3-4-10/h9-10,12H,3-8H2,1-2H3. The van der Waals surface area contributed by atoms with Crippen LogP contribution >= 0.6 is 11.8 Å². The van der Waals surface area contributed by atoms with Crippen molar-refractivity contribution in [1.82, 2.24) is 25.5 Å². The smallest absolute Gasteiger partial charge is 0.209 e. The van der Waals surface area contributed by atoms with Crippen molar-refractivity contribution in [3.8, 4) is 0 Å². The van der Waals surface area contributed by atoms with Crippen molar-refractivity contribution >= 4 is 11.8 Å². The molecule has 0 radical (unpaired) electrons. The SMILES string of the molecule is CC(C)CNCCn1nnnc1SCC1CC1. The van der Waals surface area contributed by atoms with Crippen LogP contribution in [-0.2, 0) is 6.54 Å². The van der Waals surface area contributed by atoms with E-state index < -0.39 is 0 Å². The molecule has 1 aliphatic rings. The first kappa shape index (κ1) is 12.8. The highest BCUT2D eigenvalue weighted by atomic mass is 32.2. The lowest BCUT2D eigenvalue weighted by Crippen LogP contribution is -2.24. The predicted octanol–water partition coefficient (Wildman–Crippen LogP) is 1.42. The molecule has 6 heteroatoms. The molecule has 1 fully saturated rings. The van der Waals surface area contributed by atoms with Gasteiger partial charge < -0.3 is 5.32 Å². The summed E-state index contributed by atoms with van der Waals surface area (Å²) in [6.45, 7) is 7.25. The van der Waals surface area contributed by atoms with Crippen LogP contribution in [0.5, 0.6) is 0 Å². The number of thioether (sulfide) groups is 1. The van der Waals surface area contributed by atoms with Crippen molar-refractivity contribution in [2.24, 2.45) is 11.8 Å². The molecule has 5 nitrogen and oxygen atoms in total. The van der Waals surface area contributed by atoms with Gasteiger partial charge in [0, 0.05) is 12.3 Å². The number of tetrazole rings is 1. The summed E-state index contributed by atoms with van der Waals surface area (Å²) in [5.74, 6) is 2.76. The van der Waals surface area contributed by atoms with Crippen LogP contribution in [0, 0.1) is 11.8 Å².